The Bertz CT molecular complexity index is 800. The van der Waals surface area contributed by atoms with Crippen molar-refractivity contribution in [2.45, 2.75) is 32.1 Å². The maximum atomic E-state index is 6.38. The SMILES string of the molecule is CCc1cc2c(Cl)nc(C3Cc4ccccc4C3)nc2s1. The molecule has 0 spiro atoms. The first-order valence-electron chi connectivity index (χ1n) is 7.27. The van der Waals surface area contributed by atoms with Gasteiger partial charge in [0.25, 0.3) is 0 Å². The van der Waals surface area contributed by atoms with E-state index in [2.05, 4.69) is 42.2 Å². The van der Waals surface area contributed by atoms with E-state index in [4.69, 9.17) is 16.6 Å². The molecule has 0 saturated heterocycles. The van der Waals surface area contributed by atoms with E-state index in [-0.39, 0.29) is 0 Å². The Labute approximate surface area is 132 Å². The summed E-state index contributed by atoms with van der Waals surface area (Å²) in [6.07, 6.45) is 3.05. The zero-order valence-corrected chi connectivity index (χ0v) is 13.3. The van der Waals surface area contributed by atoms with E-state index in [1.54, 1.807) is 11.3 Å². The molecule has 2 aromatic heterocycles. The number of hydrogen-bond donors (Lipinski definition) is 0. The van der Waals surface area contributed by atoms with E-state index >= 15 is 0 Å². The van der Waals surface area contributed by atoms with Gasteiger partial charge in [0.15, 0.2) is 0 Å². The van der Waals surface area contributed by atoms with Gasteiger partial charge in [-0.2, -0.15) is 0 Å². The molecule has 0 aliphatic heterocycles. The van der Waals surface area contributed by atoms with Crippen molar-refractivity contribution in [3.8, 4) is 0 Å². The minimum atomic E-state index is 0.358. The van der Waals surface area contributed by atoms with Crippen molar-refractivity contribution in [1.29, 1.82) is 0 Å². The minimum Gasteiger partial charge on any atom is -0.222 e. The van der Waals surface area contributed by atoms with Gasteiger partial charge in [-0.3, -0.25) is 0 Å². The first kappa shape index (κ1) is 13.2. The standard InChI is InChI=1S/C17H15ClN2S/c1-2-13-9-14-15(18)19-16(20-17(14)21-13)12-7-10-5-3-4-6-11(10)8-12/h3-6,9,12H,2,7-8H2,1H3. The summed E-state index contributed by atoms with van der Waals surface area (Å²) in [6, 6.07) is 10.7. The molecule has 2 nitrogen and oxygen atoms in total. The van der Waals surface area contributed by atoms with Crippen LogP contribution in [-0.4, -0.2) is 9.97 Å². The number of hydrogen-bond acceptors (Lipinski definition) is 3. The van der Waals surface area contributed by atoms with E-state index in [0.29, 0.717) is 11.1 Å². The fourth-order valence-electron chi connectivity index (χ4n) is 3.05. The summed E-state index contributed by atoms with van der Waals surface area (Å²) in [6.45, 7) is 2.15. The van der Waals surface area contributed by atoms with Crippen LogP contribution >= 0.6 is 22.9 Å². The van der Waals surface area contributed by atoms with Gasteiger partial charge in [0.2, 0.25) is 0 Å². The van der Waals surface area contributed by atoms with Gasteiger partial charge < -0.3 is 0 Å². The number of nitrogens with zero attached hydrogens (tertiary/aromatic N) is 2. The molecule has 0 N–H and O–H groups in total. The molecule has 0 saturated carbocycles. The number of benzene rings is 1. The predicted molar refractivity (Wildman–Crippen MR) is 88.4 cm³/mol. The Hall–Kier alpha value is -1.45. The van der Waals surface area contributed by atoms with Crippen molar-refractivity contribution in [2.24, 2.45) is 0 Å². The summed E-state index contributed by atoms with van der Waals surface area (Å²) in [7, 11) is 0. The van der Waals surface area contributed by atoms with Gasteiger partial charge in [-0.25, -0.2) is 9.97 Å². The van der Waals surface area contributed by atoms with Crippen LogP contribution in [0.15, 0.2) is 30.3 Å². The predicted octanol–water partition coefficient (Wildman–Crippen LogP) is 4.79. The van der Waals surface area contributed by atoms with Crippen molar-refractivity contribution in [3.63, 3.8) is 0 Å². The molecule has 3 aromatic rings. The molecule has 106 valence electrons. The van der Waals surface area contributed by atoms with Gasteiger partial charge in [0.05, 0.1) is 0 Å². The van der Waals surface area contributed by atoms with Crippen LogP contribution in [0.1, 0.15) is 34.7 Å². The largest absolute Gasteiger partial charge is 0.222 e. The quantitative estimate of drug-likeness (QED) is 0.636. The first-order chi connectivity index (χ1) is 10.2. The van der Waals surface area contributed by atoms with Crippen LogP contribution in [0.25, 0.3) is 10.2 Å². The van der Waals surface area contributed by atoms with E-state index < -0.39 is 0 Å². The van der Waals surface area contributed by atoms with Crippen LogP contribution in [0, 0.1) is 0 Å². The molecule has 0 radical (unpaired) electrons. The Morgan fingerprint density at radius 1 is 1.19 bits per heavy atom. The lowest BCUT2D eigenvalue weighted by Crippen LogP contribution is -2.04. The Morgan fingerprint density at radius 3 is 2.57 bits per heavy atom. The average Bonchev–Trinajstić information content (AvgIpc) is 3.10. The highest BCUT2D eigenvalue weighted by Gasteiger charge is 2.25. The molecule has 2 heterocycles. The highest BCUT2D eigenvalue weighted by molar-refractivity contribution is 7.18. The fourth-order valence-corrected chi connectivity index (χ4v) is 4.31. The second-order valence-corrected chi connectivity index (χ2v) is 7.00. The van der Waals surface area contributed by atoms with Crippen molar-refractivity contribution in [3.05, 3.63) is 57.3 Å². The normalized spacial score (nSPS) is 14.8. The lowest BCUT2D eigenvalue weighted by Gasteiger charge is -2.08. The van der Waals surface area contributed by atoms with E-state index in [9.17, 15) is 0 Å². The third-order valence-electron chi connectivity index (χ3n) is 4.18. The maximum absolute atomic E-state index is 6.38. The van der Waals surface area contributed by atoms with Crippen molar-refractivity contribution in [2.75, 3.05) is 0 Å². The van der Waals surface area contributed by atoms with E-state index in [1.165, 1.54) is 16.0 Å². The van der Waals surface area contributed by atoms with Gasteiger partial charge in [-0.15, -0.1) is 11.3 Å². The number of aromatic nitrogens is 2. The number of halogens is 1. The van der Waals surface area contributed by atoms with E-state index in [0.717, 1.165) is 35.3 Å². The molecular formula is C17H15ClN2S. The van der Waals surface area contributed by atoms with E-state index in [1.807, 2.05) is 0 Å². The molecule has 0 amide bonds. The van der Waals surface area contributed by atoms with Gasteiger partial charge in [-0.1, -0.05) is 42.8 Å². The Kier molecular flexibility index (Phi) is 3.20. The monoisotopic (exact) mass is 314 g/mol. The van der Waals surface area contributed by atoms with Gasteiger partial charge in [0, 0.05) is 16.2 Å². The number of fused-ring (bicyclic) bond motifs is 2. The van der Waals surface area contributed by atoms with Crippen LogP contribution in [0.4, 0.5) is 0 Å². The smallest absolute Gasteiger partial charge is 0.141 e. The second-order valence-electron chi connectivity index (χ2n) is 5.53. The van der Waals surface area contributed by atoms with Crippen LogP contribution in [0.3, 0.4) is 0 Å². The summed E-state index contributed by atoms with van der Waals surface area (Å²) in [5.41, 5.74) is 2.84. The third-order valence-corrected chi connectivity index (χ3v) is 5.64. The lowest BCUT2D eigenvalue weighted by atomic mass is 10.1. The minimum absolute atomic E-state index is 0.358. The van der Waals surface area contributed by atoms with Crippen molar-refractivity contribution < 1.29 is 0 Å². The molecule has 4 rings (SSSR count). The van der Waals surface area contributed by atoms with Gasteiger partial charge in [0.1, 0.15) is 15.8 Å². The highest BCUT2D eigenvalue weighted by atomic mass is 35.5. The first-order valence-corrected chi connectivity index (χ1v) is 8.46. The lowest BCUT2D eigenvalue weighted by molar-refractivity contribution is 0.688. The molecule has 21 heavy (non-hydrogen) atoms. The molecule has 0 bridgehead atoms. The number of thiophene rings is 1. The summed E-state index contributed by atoms with van der Waals surface area (Å²) in [4.78, 5) is 11.7. The Balaban J connectivity index is 1.75. The summed E-state index contributed by atoms with van der Waals surface area (Å²) in [5, 5.41) is 1.60. The van der Waals surface area contributed by atoms with Crippen molar-refractivity contribution in [1.82, 2.24) is 9.97 Å². The molecule has 1 aromatic carbocycles. The molecule has 4 heteroatoms. The Morgan fingerprint density at radius 2 is 1.90 bits per heavy atom. The average molecular weight is 315 g/mol. The summed E-state index contributed by atoms with van der Waals surface area (Å²) in [5.74, 6) is 1.25. The van der Waals surface area contributed by atoms with Crippen LogP contribution in [0.5, 0.6) is 0 Å². The molecule has 1 aliphatic carbocycles. The van der Waals surface area contributed by atoms with Crippen molar-refractivity contribution >= 4 is 33.2 Å². The maximum Gasteiger partial charge on any atom is 0.141 e. The second kappa shape index (κ2) is 5.08. The van der Waals surface area contributed by atoms with Crippen LogP contribution < -0.4 is 0 Å². The summed E-state index contributed by atoms with van der Waals surface area (Å²) < 4.78 is 0. The third kappa shape index (κ3) is 2.25. The number of aryl methyl sites for hydroxylation is 1. The topological polar surface area (TPSA) is 25.8 Å². The van der Waals surface area contributed by atoms with Gasteiger partial charge in [-0.05, 0) is 36.5 Å². The highest BCUT2D eigenvalue weighted by Crippen LogP contribution is 2.35. The van der Waals surface area contributed by atoms with Gasteiger partial charge >= 0.3 is 0 Å². The molecule has 1 aliphatic rings. The fraction of sp³-hybridized carbons (Fsp3) is 0.294. The zero-order valence-electron chi connectivity index (χ0n) is 11.8. The molecular weight excluding hydrogens is 300 g/mol. The molecule has 0 fully saturated rings. The van der Waals surface area contributed by atoms with Crippen LogP contribution in [-0.2, 0) is 19.3 Å². The number of rotatable bonds is 2. The summed E-state index contributed by atoms with van der Waals surface area (Å²) >= 11 is 8.11. The molecule has 0 atom stereocenters. The molecule has 0 unspecified atom stereocenters. The zero-order chi connectivity index (χ0) is 14.4. The van der Waals surface area contributed by atoms with Crippen LogP contribution in [0.2, 0.25) is 5.15 Å².